The maximum absolute atomic E-state index is 11.9. The van der Waals surface area contributed by atoms with Crippen molar-refractivity contribution in [3.05, 3.63) is 70.8 Å². The minimum atomic E-state index is -0.0600. The number of anilines is 1. The molecular formula is C16H14BrNO2. The average Bonchev–Trinajstić information content (AvgIpc) is 2.47. The minimum Gasteiger partial charge on any atom is -0.497 e. The van der Waals surface area contributed by atoms with E-state index in [0.29, 0.717) is 5.56 Å². The first-order chi connectivity index (χ1) is 9.69. The second-order valence-electron chi connectivity index (χ2n) is 4.08. The van der Waals surface area contributed by atoms with Crippen LogP contribution >= 0.6 is 15.9 Å². The fraction of sp³-hybridized carbons (Fsp3) is 0.0625. The molecule has 0 spiro atoms. The lowest BCUT2D eigenvalue weighted by Gasteiger charge is -2.01. The molecule has 0 atom stereocenters. The summed E-state index contributed by atoms with van der Waals surface area (Å²) in [6.45, 7) is 0. The number of nitrogens with one attached hydrogen (secondary N) is 1. The van der Waals surface area contributed by atoms with E-state index in [4.69, 9.17) is 4.74 Å². The number of rotatable bonds is 5. The Labute approximate surface area is 126 Å². The highest BCUT2D eigenvalue weighted by Gasteiger charge is 2.01. The number of ketones is 1. The van der Waals surface area contributed by atoms with Gasteiger partial charge in [-0.2, -0.15) is 0 Å². The largest absolute Gasteiger partial charge is 0.497 e. The van der Waals surface area contributed by atoms with Crippen LogP contribution in [0.3, 0.4) is 0 Å². The van der Waals surface area contributed by atoms with Gasteiger partial charge in [-0.25, -0.2) is 0 Å². The van der Waals surface area contributed by atoms with Gasteiger partial charge in [0.25, 0.3) is 0 Å². The summed E-state index contributed by atoms with van der Waals surface area (Å²) >= 11 is 3.39. The van der Waals surface area contributed by atoms with Crippen LogP contribution in [0.1, 0.15) is 10.4 Å². The highest BCUT2D eigenvalue weighted by atomic mass is 79.9. The van der Waals surface area contributed by atoms with E-state index in [1.54, 1.807) is 37.6 Å². The molecule has 0 heterocycles. The Morgan fingerprint density at radius 3 is 2.60 bits per heavy atom. The summed E-state index contributed by atoms with van der Waals surface area (Å²) in [4.78, 5) is 11.9. The quantitative estimate of drug-likeness (QED) is 0.656. The molecule has 0 radical (unpaired) electrons. The van der Waals surface area contributed by atoms with Crippen molar-refractivity contribution in [1.29, 1.82) is 0 Å². The average molecular weight is 332 g/mol. The van der Waals surface area contributed by atoms with E-state index in [1.807, 2.05) is 24.3 Å². The zero-order valence-corrected chi connectivity index (χ0v) is 12.6. The molecule has 0 aliphatic carbocycles. The maximum Gasteiger partial charge on any atom is 0.187 e. The van der Waals surface area contributed by atoms with Gasteiger partial charge in [0.15, 0.2) is 5.78 Å². The zero-order chi connectivity index (χ0) is 14.4. The molecular weight excluding hydrogens is 318 g/mol. The molecule has 102 valence electrons. The summed E-state index contributed by atoms with van der Waals surface area (Å²) in [5.74, 6) is 0.674. The van der Waals surface area contributed by atoms with Crippen molar-refractivity contribution in [2.45, 2.75) is 0 Å². The van der Waals surface area contributed by atoms with Crippen molar-refractivity contribution < 1.29 is 9.53 Å². The predicted octanol–water partition coefficient (Wildman–Crippen LogP) is 4.27. The fourth-order valence-corrected chi connectivity index (χ4v) is 2.04. The van der Waals surface area contributed by atoms with E-state index in [9.17, 15) is 4.79 Å². The van der Waals surface area contributed by atoms with Crippen LogP contribution in [0.15, 0.2) is 65.3 Å². The highest BCUT2D eigenvalue weighted by Crippen LogP contribution is 2.16. The molecule has 4 heteroatoms. The summed E-state index contributed by atoms with van der Waals surface area (Å²) in [6.07, 6.45) is 3.14. The second-order valence-corrected chi connectivity index (χ2v) is 5.00. The smallest absolute Gasteiger partial charge is 0.187 e. The van der Waals surface area contributed by atoms with Crippen LogP contribution in [0.5, 0.6) is 5.75 Å². The molecule has 3 nitrogen and oxygen atoms in total. The molecule has 0 fully saturated rings. The third kappa shape index (κ3) is 3.96. The van der Waals surface area contributed by atoms with E-state index >= 15 is 0 Å². The highest BCUT2D eigenvalue weighted by molar-refractivity contribution is 9.10. The number of carbonyl (C=O) groups is 1. The van der Waals surface area contributed by atoms with Crippen LogP contribution in [0, 0.1) is 0 Å². The Bertz CT molecular complexity index is 621. The lowest BCUT2D eigenvalue weighted by molar-refractivity contribution is 0.104. The third-order valence-electron chi connectivity index (χ3n) is 2.68. The molecule has 20 heavy (non-hydrogen) atoms. The van der Waals surface area contributed by atoms with Gasteiger partial charge in [-0.15, -0.1) is 0 Å². The molecule has 2 aromatic rings. The normalized spacial score (nSPS) is 10.5. The first kappa shape index (κ1) is 14.3. The lowest BCUT2D eigenvalue weighted by atomic mass is 10.1. The molecule has 0 saturated heterocycles. The van der Waals surface area contributed by atoms with Crippen molar-refractivity contribution in [2.24, 2.45) is 0 Å². The summed E-state index contributed by atoms with van der Waals surface area (Å²) < 4.78 is 6.04. The number of halogens is 1. The zero-order valence-electron chi connectivity index (χ0n) is 11.0. The van der Waals surface area contributed by atoms with Gasteiger partial charge < -0.3 is 10.1 Å². The molecule has 1 N–H and O–H groups in total. The van der Waals surface area contributed by atoms with Crippen molar-refractivity contribution in [3.63, 3.8) is 0 Å². The van der Waals surface area contributed by atoms with Crippen molar-refractivity contribution in [3.8, 4) is 5.75 Å². The van der Waals surface area contributed by atoms with Gasteiger partial charge in [0.05, 0.1) is 7.11 Å². The van der Waals surface area contributed by atoms with Gasteiger partial charge >= 0.3 is 0 Å². The first-order valence-corrected chi connectivity index (χ1v) is 6.85. The van der Waals surface area contributed by atoms with E-state index in [0.717, 1.165) is 15.9 Å². The van der Waals surface area contributed by atoms with Gasteiger partial charge in [-0.05, 0) is 42.5 Å². The third-order valence-corrected chi connectivity index (χ3v) is 3.18. The van der Waals surface area contributed by atoms with Gasteiger partial charge in [0.2, 0.25) is 0 Å². The van der Waals surface area contributed by atoms with Crippen LogP contribution in [-0.2, 0) is 0 Å². The molecule has 0 bridgehead atoms. The SMILES string of the molecule is COc1ccc(C(=O)/C=C\Nc2cccc(Br)c2)cc1. The standard InChI is InChI=1S/C16H14BrNO2/c1-20-15-7-5-12(6-8-15)16(19)9-10-18-14-4-2-3-13(17)11-14/h2-11,18H,1H3/b10-9-. The van der Waals surface area contributed by atoms with E-state index < -0.39 is 0 Å². The Balaban J connectivity index is 1.98. The molecule has 0 aliphatic heterocycles. The van der Waals surface area contributed by atoms with Crippen molar-refractivity contribution >= 4 is 27.4 Å². The van der Waals surface area contributed by atoms with Crippen LogP contribution in [0.2, 0.25) is 0 Å². The van der Waals surface area contributed by atoms with Crippen LogP contribution < -0.4 is 10.1 Å². The molecule has 0 aliphatic rings. The summed E-state index contributed by atoms with van der Waals surface area (Å²) in [5.41, 5.74) is 1.54. The molecule has 0 amide bonds. The monoisotopic (exact) mass is 331 g/mol. The number of carbonyl (C=O) groups excluding carboxylic acids is 1. The number of ether oxygens (including phenoxy) is 1. The number of allylic oxidation sites excluding steroid dienone is 1. The number of benzene rings is 2. The van der Waals surface area contributed by atoms with Crippen LogP contribution in [0.4, 0.5) is 5.69 Å². The van der Waals surface area contributed by atoms with Crippen LogP contribution in [-0.4, -0.2) is 12.9 Å². The van der Waals surface area contributed by atoms with E-state index in [1.165, 1.54) is 6.08 Å². The Morgan fingerprint density at radius 1 is 1.20 bits per heavy atom. The van der Waals surface area contributed by atoms with Gasteiger partial charge in [0.1, 0.15) is 5.75 Å². The van der Waals surface area contributed by atoms with Gasteiger partial charge in [0, 0.05) is 28.0 Å². The Morgan fingerprint density at radius 2 is 1.95 bits per heavy atom. The molecule has 0 saturated carbocycles. The summed E-state index contributed by atoms with van der Waals surface area (Å²) in [6, 6.07) is 14.7. The number of hydrogen-bond donors (Lipinski definition) is 1. The van der Waals surface area contributed by atoms with Gasteiger partial charge in [-0.3, -0.25) is 4.79 Å². The Hall–Kier alpha value is -2.07. The molecule has 2 rings (SSSR count). The fourth-order valence-electron chi connectivity index (χ4n) is 1.64. The molecule has 0 aromatic heterocycles. The lowest BCUT2D eigenvalue weighted by Crippen LogP contribution is -1.96. The predicted molar refractivity (Wildman–Crippen MR) is 84.2 cm³/mol. The van der Waals surface area contributed by atoms with Crippen molar-refractivity contribution in [2.75, 3.05) is 12.4 Å². The number of methoxy groups -OCH3 is 1. The summed E-state index contributed by atoms with van der Waals surface area (Å²) in [5, 5.41) is 3.05. The maximum atomic E-state index is 11.9. The molecule has 2 aromatic carbocycles. The topological polar surface area (TPSA) is 38.3 Å². The van der Waals surface area contributed by atoms with Gasteiger partial charge in [-0.1, -0.05) is 22.0 Å². The van der Waals surface area contributed by atoms with Crippen LogP contribution in [0.25, 0.3) is 0 Å². The van der Waals surface area contributed by atoms with E-state index in [-0.39, 0.29) is 5.78 Å². The Kier molecular flexibility index (Phi) is 4.96. The van der Waals surface area contributed by atoms with Crippen molar-refractivity contribution in [1.82, 2.24) is 0 Å². The summed E-state index contributed by atoms with van der Waals surface area (Å²) in [7, 11) is 1.60. The van der Waals surface area contributed by atoms with E-state index in [2.05, 4.69) is 21.2 Å². The number of hydrogen-bond acceptors (Lipinski definition) is 3. The minimum absolute atomic E-state index is 0.0600. The second kappa shape index (κ2) is 6.91. The molecule has 0 unspecified atom stereocenters. The first-order valence-electron chi connectivity index (χ1n) is 6.06.